The lowest BCUT2D eigenvalue weighted by Gasteiger charge is -2.10. The maximum absolute atomic E-state index is 12.9. The molecule has 0 bridgehead atoms. The molecule has 0 saturated carbocycles. The lowest BCUT2D eigenvalue weighted by Crippen LogP contribution is -2.13. The molecule has 0 amide bonds. The summed E-state index contributed by atoms with van der Waals surface area (Å²) < 4.78 is 33.2. The Labute approximate surface area is 207 Å². The Kier molecular flexibility index (Phi) is 5.87. The first-order chi connectivity index (χ1) is 17.4. The largest absolute Gasteiger partial charge is 0.497 e. The van der Waals surface area contributed by atoms with Crippen LogP contribution in [0.2, 0.25) is 0 Å². The van der Waals surface area contributed by atoms with E-state index in [-0.39, 0.29) is 10.6 Å². The lowest BCUT2D eigenvalue weighted by molar-refractivity contribution is -0.384. The SMILES string of the molecule is COc1ccc(NS(=O)(=O)c2ccc(NN=C3c4ccccc4-c4ccccc43)c([N+](=O)[O-])c2)cc1. The Balaban J connectivity index is 1.46. The average Bonchev–Trinajstić information content (AvgIpc) is 3.21. The predicted octanol–water partition coefficient (Wildman–Crippen LogP) is 5.25. The highest BCUT2D eigenvalue weighted by Crippen LogP contribution is 2.37. The highest BCUT2D eigenvalue weighted by atomic mass is 32.2. The number of rotatable bonds is 7. The van der Waals surface area contributed by atoms with E-state index in [1.54, 1.807) is 12.1 Å². The quantitative estimate of drug-likeness (QED) is 0.232. The number of nitrogens with one attached hydrogen (secondary N) is 2. The number of sulfonamides is 1. The van der Waals surface area contributed by atoms with Gasteiger partial charge in [0.1, 0.15) is 11.4 Å². The number of nitrogens with zero attached hydrogens (tertiary/aromatic N) is 2. The van der Waals surface area contributed by atoms with Crippen molar-refractivity contribution in [1.82, 2.24) is 0 Å². The monoisotopic (exact) mass is 500 g/mol. The summed E-state index contributed by atoms with van der Waals surface area (Å²) in [5.41, 5.74) is 7.21. The third-order valence-electron chi connectivity index (χ3n) is 5.76. The number of hydrogen-bond donors (Lipinski definition) is 2. The molecule has 0 radical (unpaired) electrons. The molecule has 5 rings (SSSR count). The maximum Gasteiger partial charge on any atom is 0.295 e. The molecule has 1 aliphatic carbocycles. The third-order valence-corrected chi connectivity index (χ3v) is 7.14. The highest BCUT2D eigenvalue weighted by Gasteiger charge is 2.25. The molecule has 2 N–H and O–H groups in total. The van der Waals surface area contributed by atoms with Crippen molar-refractivity contribution in [2.45, 2.75) is 4.90 Å². The zero-order chi connectivity index (χ0) is 25.3. The summed E-state index contributed by atoms with van der Waals surface area (Å²) in [5, 5.41) is 16.3. The Morgan fingerprint density at radius 1 is 0.833 bits per heavy atom. The van der Waals surface area contributed by atoms with Crippen molar-refractivity contribution >= 4 is 32.8 Å². The van der Waals surface area contributed by atoms with Crippen LogP contribution in [0.4, 0.5) is 17.1 Å². The Morgan fingerprint density at radius 3 is 1.97 bits per heavy atom. The number of hydrazone groups is 1. The summed E-state index contributed by atoms with van der Waals surface area (Å²) in [4.78, 5) is 10.9. The molecule has 0 aliphatic heterocycles. The summed E-state index contributed by atoms with van der Waals surface area (Å²) in [6.07, 6.45) is 0. The van der Waals surface area contributed by atoms with Crippen LogP contribution in [0.3, 0.4) is 0 Å². The second-order valence-corrected chi connectivity index (χ2v) is 9.62. The summed E-state index contributed by atoms with van der Waals surface area (Å²) in [7, 11) is -2.57. The molecule has 0 unspecified atom stereocenters. The molecular weight excluding hydrogens is 480 g/mol. The van der Waals surface area contributed by atoms with Gasteiger partial charge in [0.2, 0.25) is 0 Å². The predicted molar refractivity (Wildman–Crippen MR) is 138 cm³/mol. The molecule has 180 valence electrons. The molecule has 0 saturated heterocycles. The van der Waals surface area contributed by atoms with Gasteiger partial charge in [-0.25, -0.2) is 8.42 Å². The van der Waals surface area contributed by atoms with Crippen molar-refractivity contribution < 1.29 is 18.1 Å². The first kappa shape index (κ1) is 23.1. The van der Waals surface area contributed by atoms with Crippen LogP contribution in [-0.2, 0) is 10.0 Å². The summed E-state index contributed by atoms with van der Waals surface area (Å²) in [6.45, 7) is 0. The third kappa shape index (κ3) is 4.25. The van der Waals surface area contributed by atoms with Crippen molar-refractivity contribution in [3.63, 3.8) is 0 Å². The standard InChI is InChI=1S/C26H20N4O5S/c1-35-18-12-10-17(11-13-18)29-36(33,34)19-14-15-24(25(16-19)30(31)32)27-28-26-22-8-4-2-6-20(22)21-7-3-5-9-23(21)26/h2-16,27,29H,1H3. The zero-order valence-electron chi connectivity index (χ0n) is 19.0. The lowest BCUT2D eigenvalue weighted by atomic mass is 10.1. The van der Waals surface area contributed by atoms with Crippen molar-refractivity contribution in [2.24, 2.45) is 5.10 Å². The van der Waals surface area contributed by atoms with Crippen molar-refractivity contribution in [1.29, 1.82) is 0 Å². The van der Waals surface area contributed by atoms with E-state index in [4.69, 9.17) is 4.74 Å². The van der Waals surface area contributed by atoms with E-state index in [0.29, 0.717) is 17.1 Å². The second-order valence-electron chi connectivity index (χ2n) is 7.93. The molecule has 0 spiro atoms. The molecule has 4 aromatic carbocycles. The minimum absolute atomic E-state index is 0.0674. The molecule has 0 aromatic heterocycles. The molecule has 4 aromatic rings. The molecule has 1 aliphatic rings. The fraction of sp³-hybridized carbons (Fsp3) is 0.0385. The van der Waals surface area contributed by atoms with Gasteiger partial charge in [0.15, 0.2) is 0 Å². The first-order valence-electron chi connectivity index (χ1n) is 10.9. The van der Waals surface area contributed by atoms with Crippen molar-refractivity contribution in [3.05, 3.63) is 112 Å². The molecular formula is C26H20N4O5S. The Morgan fingerprint density at radius 2 is 1.42 bits per heavy atom. The van der Waals surface area contributed by atoms with Crippen LogP contribution in [0.15, 0.2) is 101 Å². The van der Waals surface area contributed by atoms with E-state index in [9.17, 15) is 18.5 Å². The van der Waals surface area contributed by atoms with Gasteiger partial charge in [0.05, 0.1) is 22.6 Å². The van der Waals surface area contributed by atoms with Crippen LogP contribution < -0.4 is 14.9 Å². The number of nitro benzene ring substituents is 1. The van der Waals surface area contributed by atoms with Crippen LogP contribution in [0.25, 0.3) is 11.1 Å². The number of methoxy groups -OCH3 is 1. The minimum atomic E-state index is -4.08. The van der Waals surface area contributed by atoms with E-state index < -0.39 is 20.6 Å². The van der Waals surface area contributed by atoms with E-state index in [1.807, 2.05) is 48.5 Å². The average molecular weight is 501 g/mol. The van der Waals surface area contributed by atoms with Gasteiger partial charge in [0, 0.05) is 22.9 Å². The van der Waals surface area contributed by atoms with Gasteiger partial charge in [-0.2, -0.15) is 5.10 Å². The summed E-state index contributed by atoms with van der Waals surface area (Å²) in [5.74, 6) is 0.568. The topological polar surface area (TPSA) is 123 Å². The van der Waals surface area contributed by atoms with Gasteiger partial charge < -0.3 is 4.74 Å². The molecule has 9 nitrogen and oxygen atoms in total. The zero-order valence-corrected chi connectivity index (χ0v) is 19.8. The summed E-state index contributed by atoms with van der Waals surface area (Å²) >= 11 is 0. The molecule has 0 fully saturated rings. The highest BCUT2D eigenvalue weighted by molar-refractivity contribution is 7.92. The van der Waals surface area contributed by atoms with Gasteiger partial charge in [-0.3, -0.25) is 20.3 Å². The molecule has 0 heterocycles. The van der Waals surface area contributed by atoms with Gasteiger partial charge in [-0.1, -0.05) is 48.5 Å². The van der Waals surface area contributed by atoms with Gasteiger partial charge in [-0.15, -0.1) is 0 Å². The van der Waals surface area contributed by atoms with Crippen LogP contribution >= 0.6 is 0 Å². The Bertz CT molecular complexity index is 1570. The van der Waals surface area contributed by atoms with Gasteiger partial charge >= 0.3 is 0 Å². The number of hydrogen-bond acceptors (Lipinski definition) is 7. The number of benzene rings is 4. The number of anilines is 2. The second kappa shape index (κ2) is 9.16. The molecule has 36 heavy (non-hydrogen) atoms. The Hall–Kier alpha value is -4.70. The van der Waals surface area contributed by atoms with Crippen LogP contribution in [0, 0.1) is 10.1 Å². The maximum atomic E-state index is 12.9. The van der Waals surface area contributed by atoms with E-state index in [0.717, 1.165) is 28.3 Å². The van der Waals surface area contributed by atoms with Gasteiger partial charge in [-0.05, 0) is 47.5 Å². The number of fused-ring (bicyclic) bond motifs is 3. The van der Waals surface area contributed by atoms with Gasteiger partial charge in [0.25, 0.3) is 15.7 Å². The molecule has 0 atom stereocenters. The fourth-order valence-corrected chi connectivity index (χ4v) is 5.11. The van der Waals surface area contributed by atoms with Crippen LogP contribution in [0.5, 0.6) is 5.75 Å². The van der Waals surface area contributed by atoms with Crippen LogP contribution in [-0.4, -0.2) is 26.2 Å². The van der Waals surface area contributed by atoms with Crippen molar-refractivity contribution in [2.75, 3.05) is 17.3 Å². The van der Waals surface area contributed by atoms with E-state index in [1.165, 1.54) is 31.4 Å². The first-order valence-corrected chi connectivity index (χ1v) is 12.3. The normalized spacial score (nSPS) is 11.9. The van der Waals surface area contributed by atoms with E-state index >= 15 is 0 Å². The van der Waals surface area contributed by atoms with E-state index in [2.05, 4.69) is 15.2 Å². The smallest absolute Gasteiger partial charge is 0.295 e. The number of ether oxygens (including phenoxy) is 1. The minimum Gasteiger partial charge on any atom is -0.497 e. The number of nitro groups is 1. The fourth-order valence-electron chi connectivity index (χ4n) is 4.03. The summed E-state index contributed by atoms with van der Waals surface area (Å²) in [6, 6.07) is 25.4. The van der Waals surface area contributed by atoms with Crippen LogP contribution in [0.1, 0.15) is 11.1 Å². The molecule has 10 heteroatoms. The van der Waals surface area contributed by atoms with Crippen molar-refractivity contribution in [3.8, 4) is 16.9 Å².